The smallest absolute Gasteiger partial charge is 0.162 e. The molecule has 6 nitrogen and oxygen atoms in total. The van der Waals surface area contributed by atoms with Crippen molar-refractivity contribution in [1.82, 2.24) is 9.97 Å². The zero-order valence-electron chi connectivity index (χ0n) is 14.9. The molecule has 3 aromatic rings. The van der Waals surface area contributed by atoms with Crippen molar-refractivity contribution in [2.45, 2.75) is 6.10 Å². The molecule has 134 valence electrons. The Morgan fingerprint density at radius 3 is 2.58 bits per heavy atom. The van der Waals surface area contributed by atoms with Gasteiger partial charge in [-0.3, -0.25) is 0 Å². The fraction of sp³-hybridized carbons (Fsp3) is 0.300. The molecule has 1 saturated heterocycles. The van der Waals surface area contributed by atoms with Crippen LogP contribution < -0.4 is 14.4 Å². The number of hydrogen-bond donors (Lipinski definition) is 0. The average molecular weight is 351 g/mol. The first kappa shape index (κ1) is 16.6. The van der Waals surface area contributed by atoms with Crippen molar-refractivity contribution in [2.24, 2.45) is 0 Å². The largest absolute Gasteiger partial charge is 0.493 e. The van der Waals surface area contributed by atoms with Crippen LogP contribution in [0.25, 0.3) is 10.9 Å². The lowest BCUT2D eigenvalue weighted by Gasteiger charge is -2.34. The quantitative estimate of drug-likeness (QED) is 0.719. The van der Waals surface area contributed by atoms with E-state index >= 15 is 0 Å². The molecule has 0 saturated carbocycles. The standard InChI is InChI=1S/C20H21N3O3/c1-24-17-10-15-16(11-18(17)25-2)21-13-22-20(15)23-8-9-26-19(12-23)14-6-4-3-5-7-14/h3-7,10-11,13,19H,8-9,12H2,1-2H3/t19-/m0/s1. The van der Waals surface area contributed by atoms with Gasteiger partial charge in [-0.15, -0.1) is 0 Å². The number of ether oxygens (including phenoxy) is 3. The highest BCUT2D eigenvalue weighted by atomic mass is 16.5. The fourth-order valence-electron chi connectivity index (χ4n) is 3.33. The molecule has 2 aromatic carbocycles. The Labute approximate surface area is 152 Å². The van der Waals surface area contributed by atoms with E-state index in [2.05, 4.69) is 27.0 Å². The summed E-state index contributed by atoms with van der Waals surface area (Å²) in [5.41, 5.74) is 2.00. The molecule has 26 heavy (non-hydrogen) atoms. The van der Waals surface area contributed by atoms with Crippen LogP contribution in [-0.2, 0) is 4.74 Å². The Balaban J connectivity index is 1.71. The van der Waals surface area contributed by atoms with Gasteiger partial charge in [-0.25, -0.2) is 9.97 Å². The van der Waals surface area contributed by atoms with Crippen LogP contribution in [0.5, 0.6) is 11.5 Å². The number of fused-ring (bicyclic) bond motifs is 1. The summed E-state index contributed by atoms with van der Waals surface area (Å²) in [7, 11) is 3.26. The van der Waals surface area contributed by atoms with Gasteiger partial charge in [0.15, 0.2) is 11.5 Å². The predicted molar refractivity (Wildman–Crippen MR) is 100.0 cm³/mol. The molecular weight excluding hydrogens is 330 g/mol. The number of hydrogen-bond acceptors (Lipinski definition) is 6. The van der Waals surface area contributed by atoms with Crippen molar-refractivity contribution in [1.29, 1.82) is 0 Å². The van der Waals surface area contributed by atoms with E-state index in [1.165, 1.54) is 5.56 Å². The van der Waals surface area contributed by atoms with Crippen molar-refractivity contribution in [2.75, 3.05) is 38.8 Å². The summed E-state index contributed by atoms with van der Waals surface area (Å²) >= 11 is 0. The molecule has 0 amide bonds. The summed E-state index contributed by atoms with van der Waals surface area (Å²) in [4.78, 5) is 11.2. The summed E-state index contributed by atoms with van der Waals surface area (Å²) < 4.78 is 16.8. The molecule has 1 aromatic heterocycles. The van der Waals surface area contributed by atoms with Crippen LogP contribution in [0.2, 0.25) is 0 Å². The van der Waals surface area contributed by atoms with Gasteiger partial charge in [-0.2, -0.15) is 0 Å². The average Bonchev–Trinajstić information content (AvgIpc) is 2.73. The summed E-state index contributed by atoms with van der Waals surface area (Å²) in [5, 5.41) is 0.943. The van der Waals surface area contributed by atoms with Crippen LogP contribution in [0.4, 0.5) is 5.82 Å². The third-order valence-electron chi connectivity index (χ3n) is 4.66. The van der Waals surface area contributed by atoms with E-state index in [9.17, 15) is 0 Å². The Morgan fingerprint density at radius 1 is 1.04 bits per heavy atom. The molecule has 0 spiro atoms. The lowest BCUT2D eigenvalue weighted by atomic mass is 10.1. The minimum Gasteiger partial charge on any atom is -0.493 e. The Hall–Kier alpha value is -2.86. The van der Waals surface area contributed by atoms with Gasteiger partial charge in [-0.05, 0) is 11.6 Å². The number of rotatable bonds is 4. The van der Waals surface area contributed by atoms with E-state index in [1.54, 1.807) is 20.5 Å². The normalized spacial score (nSPS) is 17.3. The third-order valence-corrected chi connectivity index (χ3v) is 4.66. The molecule has 2 heterocycles. The van der Waals surface area contributed by atoms with E-state index in [-0.39, 0.29) is 6.10 Å². The van der Waals surface area contributed by atoms with Crippen LogP contribution in [0, 0.1) is 0 Å². The first-order valence-corrected chi connectivity index (χ1v) is 8.58. The Kier molecular flexibility index (Phi) is 4.58. The van der Waals surface area contributed by atoms with Crippen molar-refractivity contribution in [3.05, 3.63) is 54.4 Å². The molecule has 1 aliphatic rings. The summed E-state index contributed by atoms with van der Waals surface area (Å²) in [5.74, 6) is 2.22. The van der Waals surface area contributed by atoms with Crippen molar-refractivity contribution in [3.8, 4) is 11.5 Å². The van der Waals surface area contributed by atoms with E-state index in [0.29, 0.717) is 18.1 Å². The molecule has 1 fully saturated rings. The molecule has 0 radical (unpaired) electrons. The lowest BCUT2D eigenvalue weighted by Crippen LogP contribution is -2.39. The first-order chi connectivity index (χ1) is 12.8. The van der Waals surface area contributed by atoms with Gasteiger partial charge in [0, 0.05) is 24.5 Å². The van der Waals surface area contributed by atoms with Crippen molar-refractivity contribution in [3.63, 3.8) is 0 Å². The highest BCUT2D eigenvalue weighted by molar-refractivity contribution is 5.92. The van der Waals surface area contributed by atoms with Crippen LogP contribution in [-0.4, -0.2) is 43.9 Å². The molecule has 1 aliphatic heterocycles. The van der Waals surface area contributed by atoms with Gasteiger partial charge in [-0.1, -0.05) is 30.3 Å². The van der Waals surface area contributed by atoms with Gasteiger partial charge in [0.05, 0.1) is 26.3 Å². The number of methoxy groups -OCH3 is 2. The summed E-state index contributed by atoms with van der Waals surface area (Å²) in [6, 6.07) is 14.1. The Bertz CT molecular complexity index is 901. The minimum atomic E-state index is 0.0232. The second kappa shape index (κ2) is 7.17. The second-order valence-corrected chi connectivity index (χ2v) is 6.14. The van der Waals surface area contributed by atoms with Gasteiger partial charge in [0.25, 0.3) is 0 Å². The van der Waals surface area contributed by atoms with E-state index in [1.807, 2.05) is 30.3 Å². The first-order valence-electron chi connectivity index (χ1n) is 8.58. The maximum atomic E-state index is 5.98. The molecular formula is C20H21N3O3. The number of nitrogens with zero attached hydrogens (tertiary/aromatic N) is 3. The topological polar surface area (TPSA) is 56.7 Å². The molecule has 4 rings (SSSR count). The third kappa shape index (κ3) is 3.04. The minimum absolute atomic E-state index is 0.0232. The van der Waals surface area contributed by atoms with Crippen LogP contribution in [0.1, 0.15) is 11.7 Å². The molecule has 0 unspecified atom stereocenters. The number of anilines is 1. The van der Waals surface area contributed by atoms with Gasteiger partial charge < -0.3 is 19.1 Å². The molecule has 0 aliphatic carbocycles. The van der Waals surface area contributed by atoms with Crippen LogP contribution >= 0.6 is 0 Å². The van der Waals surface area contributed by atoms with E-state index < -0.39 is 0 Å². The molecule has 0 N–H and O–H groups in total. The van der Waals surface area contributed by atoms with Crippen molar-refractivity contribution < 1.29 is 14.2 Å². The lowest BCUT2D eigenvalue weighted by molar-refractivity contribution is 0.0396. The molecule has 1 atom stereocenters. The maximum absolute atomic E-state index is 5.98. The number of benzene rings is 2. The highest BCUT2D eigenvalue weighted by Gasteiger charge is 2.24. The number of aromatic nitrogens is 2. The zero-order chi connectivity index (χ0) is 17.9. The zero-order valence-corrected chi connectivity index (χ0v) is 14.9. The fourth-order valence-corrected chi connectivity index (χ4v) is 3.33. The highest BCUT2D eigenvalue weighted by Crippen LogP contribution is 2.36. The van der Waals surface area contributed by atoms with Crippen LogP contribution in [0.15, 0.2) is 48.8 Å². The summed E-state index contributed by atoms with van der Waals surface area (Å²) in [6.07, 6.45) is 1.62. The number of morpholine rings is 1. The monoisotopic (exact) mass is 351 g/mol. The SMILES string of the molecule is COc1cc2ncnc(N3CCO[C@H](c4ccccc4)C3)c2cc1OC. The second-order valence-electron chi connectivity index (χ2n) is 6.14. The van der Waals surface area contributed by atoms with Gasteiger partial charge in [0.2, 0.25) is 0 Å². The maximum Gasteiger partial charge on any atom is 0.162 e. The van der Waals surface area contributed by atoms with Gasteiger partial charge >= 0.3 is 0 Å². The van der Waals surface area contributed by atoms with Gasteiger partial charge in [0.1, 0.15) is 18.2 Å². The Morgan fingerprint density at radius 2 is 1.81 bits per heavy atom. The van der Waals surface area contributed by atoms with E-state index in [4.69, 9.17) is 14.2 Å². The predicted octanol–water partition coefficient (Wildman–Crippen LogP) is 3.22. The molecule has 0 bridgehead atoms. The van der Waals surface area contributed by atoms with Crippen LogP contribution in [0.3, 0.4) is 0 Å². The molecule has 6 heteroatoms. The van der Waals surface area contributed by atoms with Crippen molar-refractivity contribution >= 4 is 16.7 Å². The van der Waals surface area contributed by atoms with E-state index in [0.717, 1.165) is 29.8 Å². The summed E-state index contributed by atoms with van der Waals surface area (Å²) in [6.45, 7) is 2.17.